The predicted molar refractivity (Wildman–Crippen MR) is 83.9 cm³/mol. The summed E-state index contributed by atoms with van der Waals surface area (Å²) in [5.41, 5.74) is 0.427. The topological polar surface area (TPSA) is 48.3 Å². The molecule has 0 radical (unpaired) electrons. The fraction of sp³-hybridized carbons (Fsp3) is 0.588. The third-order valence-electron chi connectivity index (χ3n) is 4.48. The maximum absolute atomic E-state index is 9.70. The molecule has 0 aromatic heterocycles. The standard InChI is InChI=1S/C17H25N3O/c1-19-17(14-18,15-7-4-3-5-8-15)10-12-20-11-6-9-16(13-20)21-2/h3-5,7-8,16,19H,6,9-13H2,1-2H3. The summed E-state index contributed by atoms with van der Waals surface area (Å²) in [5.74, 6) is 0. The molecule has 2 atom stereocenters. The minimum atomic E-state index is -0.610. The van der Waals surface area contributed by atoms with Gasteiger partial charge in [-0.3, -0.25) is 5.32 Å². The Bertz CT molecular complexity index is 471. The summed E-state index contributed by atoms with van der Waals surface area (Å²) in [6.45, 7) is 2.97. The Labute approximate surface area is 127 Å². The number of piperidine rings is 1. The van der Waals surface area contributed by atoms with Crippen molar-refractivity contribution in [3.05, 3.63) is 35.9 Å². The van der Waals surface area contributed by atoms with E-state index < -0.39 is 5.54 Å². The van der Waals surface area contributed by atoms with Crippen molar-refractivity contribution in [1.82, 2.24) is 10.2 Å². The van der Waals surface area contributed by atoms with Crippen LogP contribution in [-0.4, -0.2) is 44.8 Å². The first-order valence-electron chi connectivity index (χ1n) is 7.65. The molecule has 114 valence electrons. The zero-order chi connectivity index (χ0) is 15.1. The Hall–Kier alpha value is -1.41. The van der Waals surface area contributed by atoms with Crippen LogP contribution < -0.4 is 5.32 Å². The molecular weight excluding hydrogens is 262 g/mol. The Balaban J connectivity index is 2.02. The van der Waals surface area contributed by atoms with Crippen molar-refractivity contribution < 1.29 is 4.74 Å². The first-order chi connectivity index (χ1) is 10.2. The zero-order valence-electron chi connectivity index (χ0n) is 13.0. The molecule has 1 N–H and O–H groups in total. The van der Waals surface area contributed by atoms with Crippen LogP contribution >= 0.6 is 0 Å². The van der Waals surface area contributed by atoms with Gasteiger partial charge in [0.25, 0.3) is 0 Å². The third-order valence-corrected chi connectivity index (χ3v) is 4.48. The van der Waals surface area contributed by atoms with Gasteiger partial charge in [-0.05, 0) is 38.4 Å². The summed E-state index contributed by atoms with van der Waals surface area (Å²) in [6, 6.07) is 12.5. The van der Waals surface area contributed by atoms with Crippen LogP contribution in [-0.2, 0) is 10.3 Å². The number of ether oxygens (including phenoxy) is 1. The first-order valence-corrected chi connectivity index (χ1v) is 7.65. The minimum absolute atomic E-state index is 0.335. The second-order valence-electron chi connectivity index (χ2n) is 5.68. The molecule has 1 aliphatic rings. The average molecular weight is 287 g/mol. The second kappa shape index (κ2) is 7.56. The summed E-state index contributed by atoms with van der Waals surface area (Å²) < 4.78 is 5.47. The number of methoxy groups -OCH3 is 1. The number of nitrogens with zero attached hydrogens (tertiary/aromatic N) is 2. The highest BCUT2D eigenvalue weighted by atomic mass is 16.5. The van der Waals surface area contributed by atoms with Crippen molar-refractivity contribution in [3.8, 4) is 6.07 Å². The van der Waals surface area contributed by atoms with Crippen LogP contribution in [0, 0.1) is 11.3 Å². The van der Waals surface area contributed by atoms with Gasteiger partial charge in [0.15, 0.2) is 0 Å². The van der Waals surface area contributed by atoms with Gasteiger partial charge in [0.2, 0.25) is 0 Å². The van der Waals surface area contributed by atoms with Gasteiger partial charge in [-0.25, -0.2) is 0 Å². The smallest absolute Gasteiger partial charge is 0.133 e. The lowest BCUT2D eigenvalue weighted by Crippen LogP contribution is -2.45. The van der Waals surface area contributed by atoms with Crippen molar-refractivity contribution in [3.63, 3.8) is 0 Å². The van der Waals surface area contributed by atoms with Gasteiger partial charge in [-0.2, -0.15) is 5.26 Å². The van der Waals surface area contributed by atoms with E-state index >= 15 is 0 Å². The van der Waals surface area contributed by atoms with Gasteiger partial charge in [0, 0.05) is 20.2 Å². The molecule has 0 spiro atoms. The Morgan fingerprint density at radius 3 is 2.81 bits per heavy atom. The average Bonchev–Trinajstić information content (AvgIpc) is 2.57. The molecule has 1 aromatic rings. The molecule has 1 aliphatic heterocycles. The molecule has 4 heteroatoms. The summed E-state index contributed by atoms with van der Waals surface area (Å²) in [5, 5.41) is 12.9. The van der Waals surface area contributed by atoms with Crippen molar-refractivity contribution in [2.45, 2.75) is 30.9 Å². The molecule has 1 fully saturated rings. The predicted octanol–water partition coefficient (Wildman–Crippen LogP) is 2.13. The van der Waals surface area contributed by atoms with E-state index in [1.165, 1.54) is 6.42 Å². The second-order valence-corrected chi connectivity index (χ2v) is 5.68. The highest BCUT2D eigenvalue weighted by Crippen LogP contribution is 2.25. The maximum atomic E-state index is 9.70. The lowest BCUT2D eigenvalue weighted by atomic mass is 9.87. The lowest BCUT2D eigenvalue weighted by Gasteiger charge is -2.35. The molecule has 1 aromatic carbocycles. The summed E-state index contributed by atoms with van der Waals surface area (Å²) >= 11 is 0. The van der Waals surface area contributed by atoms with E-state index in [2.05, 4.69) is 16.3 Å². The van der Waals surface area contributed by atoms with Crippen LogP contribution in [0.15, 0.2) is 30.3 Å². The van der Waals surface area contributed by atoms with Crippen molar-refractivity contribution >= 4 is 0 Å². The monoisotopic (exact) mass is 287 g/mol. The van der Waals surface area contributed by atoms with Crippen molar-refractivity contribution in [2.24, 2.45) is 0 Å². The Kier molecular flexibility index (Phi) is 5.75. The largest absolute Gasteiger partial charge is 0.380 e. The fourth-order valence-corrected chi connectivity index (χ4v) is 3.05. The maximum Gasteiger partial charge on any atom is 0.133 e. The van der Waals surface area contributed by atoms with E-state index in [0.717, 1.165) is 38.0 Å². The number of hydrogen-bond acceptors (Lipinski definition) is 4. The number of likely N-dealkylation sites (tertiary alicyclic amines) is 1. The van der Waals surface area contributed by atoms with Crippen LogP contribution in [0.25, 0.3) is 0 Å². The summed E-state index contributed by atoms with van der Waals surface area (Å²) in [7, 11) is 3.65. The lowest BCUT2D eigenvalue weighted by molar-refractivity contribution is 0.0292. The first kappa shape index (κ1) is 16.0. The molecule has 2 unspecified atom stereocenters. The fourth-order valence-electron chi connectivity index (χ4n) is 3.05. The molecule has 2 rings (SSSR count). The summed E-state index contributed by atoms with van der Waals surface area (Å²) in [4.78, 5) is 2.41. The van der Waals surface area contributed by atoms with Crippen LogP contribution in [0.2, 0.25) is 0 Å². The number of hydrogen-bond donors (Lipinski definition) is 1. The molecule has 0 saturated carbocycles. The highest BCUT2D eigenvalue weighted by molar-refractivity contribution is 5.31. The van der Waals surface area contributed by atoms with Crippen LogP contribution in [0.4, 0.5) is 0 Å². The van der Waals surface area contributed by atoms with Crippen LogP contribution in [0.1, 0.15) is 24.8 Å². The van der Waals surface area contributed by atoms with E-state index in [0.29, 0.717) is 6.10 Å². The highest BCUT2D eigenvalue weighted by Gasteiger charge is 2.31. The van der Waals surface area contributed by atoms with Gasteiger partial charge < -0.3 is 9.64 Å². The molecule has 21 heavy (non-hydrogen) atoms. The minimum Gasteiger partial charge on any atom is -0.380 e. The molecular formula is C17H25N3O. The molecule has 0 bridgehead atoms. The van der Waals surface area contributed by atoms with Gasteiger partial charge in [0.05, 0.1) is 12.2 Å². The third kappa shape index (κ3) is 3.82. The van der Waals surface area contributed by atoms with Gasteiger partial charge in [0.1, 0.15) is 5.54 Å². The molecule has 1 saturated heterocycles. The zero-order valence-corrected chi connectivity index (χ0v) is 13.0. The Morgan fingerprint density at radius 2 is 2.19 bits per heavy atom. The van der Waals surface area contributed by atoms with Crippen LogP contribution in [0.3, 0.4) is 0 Å². The molecule has 4 nitrogen and oxygen atoms in total. The van der Waals surface area contributed by atoms with E-state index in [4.69, 9.17) is 4.74 Å². The molecule has 0 aliphatic carbocycles. The Morgan fingerprint density at radius 1 is 1.43 bits per heavy atom. The van der Waals surface area contributed by atoms with E-state index in [1.54, 1.807) is 7.11 Å². The number of nitrogens with one attached hydrogen (secondary N) is 1. The quantitative estimate of drug-likeness (QED) is 0.871. The van der Waals surface area contributed by atoms with Crippen molar-refractivity contribution in [2.75, 3.05) is 33.8 Å². The van der Waals surface area contributed by atoms with Gasteiger partial charge >= 0.3 is 0 Å². The van der Waals surface area contributed by atoms with Gasteiger partial charge in [-0.15, -0.1) is 0 Å². The number of benzene rings is 1. The number of rotatable bonds is 6. The van der Waals surface area contributed by atoms with E-state index in [9.17, 15) is 5.26 Å². The normalized spacial score (nSPS) is 22.4. The van der Waals surface area contributed by atoms with E-state index in [-0.39, 0.29) is 0 Å². The number of nitriles is 1. The van der Waals surface area contributed by atoms with E-state index in [1.807, 2.05) is 37.4 Å². The SMILES string of the molecule is CNC(C#N)(CCN1CCCC(OC)C1)c1ccccc1. The van der Waals surface area contributed by atoms with Gasteiger partial charge in [-0.1, -0.05) is 30.3 Å². The summed E-state index contributed by atoms with van der Waals surface area (Å²) in [6.07, 6.45) is 3.42. The molecule has 0 amide bonds. The molecule has 1 heterocycles. The van der Waals surface area contributed by atoms with Crippen molar-refractivity contribution in [1.29, 1.82) is 5.26 Å². The van der Waals surface area contributed by atoms with Crippen LogP contribution in [0.5, 0.6) is 0 Å².